The fourth-order valence-electron chi connectivity index (χ4n) is 2.54. The maximum atomic E-state index is 5.42. The molecule has 1 heteroatoms. The fourth-order valence-corrected chi connectivity index (χ4v) is 2.54. The zero-order chi connectivity index (χ0) is 8.93. The first kappa shape index (κ1) is 9.51. The van der Waals surface area contributed by atoms with Gasteiger partial charge in [-0.3, -0.25) is 0 Å². The molecule has 0 aromatic heterocycles. The Balaban J connectivity index is 1.72. The molecule has 1 nitrogen and oxygen atoms in total. The Hall–Kier alpha value is -0.0400. The summed E-state index contributed by atoms with van der Waals surface area (Å²) in [5, 5.41) is 0. The highest BCUT2D eigenvalue weighted by atomic mass is 16.6. The second kappa shape index (κ2) is 4.99. The lowest BCUT2D eigenvalue weighted by Crippen LogP contribution is -2.09. The van der Waals surface area contributed by atoms with Gasteiger partial charge in [-0.2, -0.15) is 0 Å². The van der Waals surface area contributed by atoms with Gasteiger partial charge in [-0.1, -0.05) is 44.9 Å². The predicted octanol–water partition coefficient (Wildman–Crippen LogP) is 3.53. The highest BCUT2D eigenvalue weighted by molar-refractivity contribution is 4.79. The van der Waals surface area contributed by atoms with E-state index >= 15 is 0 Å². The van der Waals surface area contributed by atoms with Crippen LogP contribution in [0.1, 0.15) is 57.8 Å². The van der Waals surface area contributed by atoms with E-state index in [-0.39, 0.29) is 0 Å². The van der Waals surface area contributed by atoms with Gasteiger partial charge in [-0.05, 0) is 18.8 Å². The van der Waals surface area contributed by atoms with Crippen molar-refractivity contribution in [1.29, 1.82) is 0 Å². The molecule has 1 aliphatic heterocycles. The standard InChI is InChI=1S/C12H22O/c1-2-4-6-8-11(12-10-13-12)9-7-5-3-1/h11-12H,1-10H2/t12-/m0/s1. The first-order valence-corrected chi connectivity index (χ1v) is 6.08. The maximum absolute atomic E-state index is 5.42. The van der Waals surface area contributed by atoms with Crippen molar-refractivity contribution >= 4 is 0 Å². The van der Waals surface area contributed by atoms with Gasteiger partial charge in [-0.25, -0.2) is 0 Å². The van der Waals surface area contributed by atoms with Crippen LogP contribution in [-0.2, 0) is 4.74 Å². The molecule has 2 rings (SSSR count). The molecule has 76 valence electrons. The van der Waals surface area contributed by atoms with Crippen LogP contribution < -0.4 is 0 Å². The van der Waals surface area contributed by atoms with Gasteiger partial charge < -0.3 is 4.74 Å². The molecule has 1 heterocycles. The zero-order valence-electron chi connectivity index (χ0n) is 8.63. The summed E-state index contributed by atoms with van der Waals surface area (Å²) in [6, 6.07) is 0. The second-order valence-electron chi connectivity index (χ2n) is 4.68. The summed E-state index contributed by atoms with van der Waals surface area (Å²) in [5.74, 6) is 0.915. The lowest BCUT2D eigenvalue weighted by Gasteiger charge is -2.15. The van der Waals surface area contributed by atoms with E-state index < -0.39 is 0 Å². The van der Waals surface area contributed by atoms with Gasteiger partial charge in [0.15, 0.2) is 0 Å². The van der Waals surface area contributed by atoms with E-state index in [0.29, 0.717) is 6.10 Å². The fraction of sp³-hybridized carbons (Fsp3) is 1.00. The minimum Gasteiger partial charge on any atom is -0.373 e. The number of ether oxygens (including phenoxy) is 1. The first-order chi connectivity index (χ1) is 6.47. The number of hydrogen-bond donors (Lipinski definition) is 0. The van der Waals surface area contributed by atoms with Crippen LogP contribution >= 0.6 is 0 Å². The third-order valence-corrected chi connectivity index (χ3v) is 3.53. The Morgan fingerprint density at radius 2 is 1.15 bits per heavy atom. The summed E-state index contributed by atoms with van der Waals surface area (Å²) in [7, 11) is 0. The van der Waals surface area contributed by atoms with Crippen LogP contribution in [0.4, 0.5) is 0 Å². The number of rotatable bonds is 1. The van der Waals surface area contributed by atoms with Crippen molar-refractivity contribution in [3.63, 3.8) is 0 Å². The summed E-state index contributed by atoms with van der Waals surface area (Å²) in [4.78, 5) is 0. The Kier molecular flexibility index (Phi) is 3.65. The van der Waals surface area contributed by atoms with Gasteiger partial charge in [0.05, 0.1) is 12.7 Å². The molecule has 0 radical (unpaired) electrons. The van der Waals surface area contributed by atoms with E-state index in [1.807, 2.05) is 0 Å². The Bertz CT molecular complexity index is 130. The molecule has 0 unspecified atom stereocenters. The Labute approximate surface area is 81.9 Å². The first-order valence-electron chi connectivity index (χ1n) is 6.08. The molecule has 1 aliphatic carbocycles. The van der Waals surface area contributed by atoms with Gasteiger partial charge in [0, 0.05) is 0 Å². The monoisotopic (exact) mass is 182 g/mol. The van der Waals surface area contributed by atoms with Crippen molar-refractivity contribution in [2.24, 2.45) is 5.92 Å². The molecule has 0 amide bonds. The normalized spacial score (nSPS) is 32.8. The SMILES string of the molecule is C1CCCCC([C@@H]2CO2)CCCC1. The molecule has 0 aromatic carbocycles. The molecule has 1 saturated carbocycles. The smallest absolute Gasteiger partial charge is 0.0838 e. The van der Waals surface area contributed by atoms with Crippen LogP contribution in [0.3, 0.4) is 0 Å². The Morgan fingerprint density at radius 3 is 1.62 bits per heavy atom. The Morgan fingerprint density at radius 1 is 0.692 bits per heavy atom. The molecule has 1 atom stereocenters. The second-order valence-corrected chi connectivity index (χ2v) is 4.68. The van der Waals surface area contributed by atoms with Crippen molar-refractivity contribution < 1.29 is 4.74 Å². The average Bonchev–Trinajstić information content (AvgIpc) is 2.97. The van der Waals surface area contributed by atoms with Crippen LogP contribution in [0.15, 0.2) is 0 Å². The van der Waals surface area contributed by atoms with Crippen LogP contribution in [0.25, 0.3) is 0 Å². The van der Waals surface area contributed by atoms with E-state index in [2.05, 4.69) is 0 Å². The quantitative estimate of drug-likeness (QED) is 0.565. The van der Waals surface area contributed by atoms with E-state index in [0.717, 1.165) is 12.5 Å². The van der Waals surface area contributed by atoms with Gasteiger partial charge in [-0.15, -0.1) is 0 Å². The van der Waals surface area contributed by atoms with Gasteiger partial charge in [0.1, 0.15) is 0 Å². The van der Waals surface area contributed by atoms with E-state index in [9.17, 15) is 0 Å². The minimum atomic E-state index is 0.666. The average molecular weight is 182 g/mol. The van der Waals surface area contributed by atoms with Crippen molar-refractivity contribution in [3.8, 4) is 0 Å². The van der Waals surface area contributed by atoms with Gasteiger partial charge in [0.2, 0.25) is 0 Å². The molecule has 1 saturated heterocycles. The zero-order valence-corrected chi connectivity index (χ0v) is 8.63. The van der Waals surface area contributed by atoms with Crippen molar-refractivity contribution in [2.75, 3.05) is 6.61 Å². The van der Waals surface area contributed by atoms with E-state index in [1.54, 1.807) is 0 Å². The summed E-state index contributed by atoms with van der Waals surface area (Å²) in [6.07, 6.45) is 13.8. The molecular weight excluding hydrogens is 160 g/mol. The van der Waals surface area contributed by atoms with E-state index in [4.69, 9.17) is 4.74 Å². The largest absolute Gasteiger partial charge is 0.373 e. The van der Waals surface area contributed by atoms with Crippen molar-refractivity contribution in [3.05, 3.63) is 0 Å². The minimum absolute atomic E-state index is 0.666. The third kappa shape index (κ3) is 3.30. The van der Waals surface area contributed by atoms with Gasteiger partial charge >= 0.3 is 0 Å². The number of epoxide rings is 1. The topological polar surface area (TPSA) is 12.5 Å². The van der Waals surface area contributed by atoms with Crippen molar-refractivity contribution in [1.82, 2.24) is 0 Å². The van der Waals surface area contributed by atoms with Crippen molar-refractivity contribution in [2.45, 2.75) is 63.9 Å². The lowest BCUT2D eigenvalue weighted by molar-refractivity contribution is 0.285. The molecule has 0 aromatic rings. The molecular formula is C12H22O. The predicted molar refractivity (Wildman–Crippen MR) is 54.8 cm³/mol. The molecule has 0 spiro atoms. The molecule has 2 aliphatic rings. The molecule has 13 heavy (non-hydrogen) atoms. The van der Waals surface area contributed by atoms with E-state index in [1.165, 1.54) is 57.8 Å². The van der Waals surface area contributed by atoms with Crippen LogP contribution in [0, 0.1) is 5.92 Å². The van der Waals surface area contributed by atoms with Gasteiger partial charge in [0.25, 0.3) is 0 Å². The van der Waals surface area contributed by atoms with Crippen LogP contribution in [0.2, 0.25) is 0 Å². The maximum Gasteiger partial charge on any atom is 0.0838 e. The highest BCUT2D eigenvalue weighted by Gasteiger charge is 2.31. The molecule has 0 bridgehead atoms. The summed E-state index contributed by atoms with van der Waals surface area (Å²) >= 11 is 0. The summed E-state index contributed by atoms with van der Waals surface area (Å²) < 4.78 is 5.42. The van der Waals surface area contributed by atoms with Crippen LogP contribution in [-0.4, -0.2) is 12.7 Å². The molecule has 0 N–H and O–H groups in total. The lowest BCUT2D eigenvalue weighted by atomic mass is 9.90. The van der Waals surface area contributed by atoms with Crippen LogP contribution in [0.5, 0.6) is 0 Å². The highest BCUT2D eigenvalue weighted by Crippen LogP contribution is 2.30. The summed E-state index contributed by atoms with van der Waals surface area (Å²) in [6.45, 7) is 1.06. The number of hydrogen-bond acceptors (Lipinski definition) is 1. The third-order valence-electron chi connectivity index (χ3n) is 3.53. The summed E-state index contributed by atoms with van der Waals surface area (Å²) in [5.41, 5.74) is 0. The molecule has 2 fully saturated rings.